The molecule has 0 spiro atoms. The van der Waals surface area contributed by atoms with E-state index in [2.05, 4.69) is 116 Å². The van der Waals surface area contributed by atoms with Crippen LogP contribution < -0.4 is 4.57 Å². The minimum Gasteiger partial charge on any atom is -0.243 e. The third-order valence-electron chi connectivity index (χ3n) is 10.7. The van der Waals surface area contributed by atoms with Crippen LogP contribution in [-0.2, 0) is 5.54 Å². The summed E-state index contributed by atoms with van der Waals surface area (Å²) in [6, 6.07) is 10.8. The van der Waals surface area contributed by atoms with Crippen LogP contribution in [0, 0.1) is 41.4 Å². The molecule has 1 aromatic heterocycles. The maximum atomic E-state index is 4.94. The number of hydrogen-bond donors (Lipinski definition) is 0. The van der Waals surface area contributed by atoms with Gasteiger partial charge in [0.05, 0.1) is 6.20 Å². The Morgan fingerprint density at radius 3 is 1.79 bits per heavy atom. The van der Waals surface area contributed by atoms with Crippen LogP contribution in [0.2, 0.25) is 0 Å². The fraction of sp³-hybridized carbons (Fsp3) is 0.622. The lowest BCUT2D eigenvalue weighted by molar-refractivity contribution is -0.729. The highest BCUT2D eigenvalue weighted by Crippen LogP contribution is 2.47. The molecule has 1 aromatic carbocycles. The van der Waals surface area contributed by atoms with Gasteiger partial charge in [0, 0.05) is 30.7 Å². The molecule has 2 heteroatoms. The zero-order valence-electron chi connectivity index (χ0n) is 27.2. The molecule has 2 nitrogen and oxygen atoms in total. The van der Waals surface area contributed by atoms with E-state index in [-0.39, 0.29) is 5.54 Å². The quantitative estimate of drug-likeness (QED) is 0.285. The third kappa shape index (κ3) is 6.58. The van der Waals surface area contributed by atoms with Crippen LogP contribution >= 0.6 is 0 Å². The van der Waals surface area contributed by atoms with E-state index < -0.39 is 0 Å². The van der Waals surface area contributed by atoms with Crippen LogP contribution in [-0.4, -0.2) is 4.98 Å². The van der Waals surface area contributed by atoms with E-state index in [0.717, 1.165) is 29.4 Å². The van der Waals surface area contributed by atoms with Gasteiger partial charge in [0.2, 0.25) is 5.69 Å². The molecule has 8 atom stereocenters. The van der Waals surface area contributed by atoms with Crippen molar-refractivity contribution in [3.8, 4) is 11.3 Å². The van der Waals surface area contributed by atoms with Gasteiger partial charge in [-0.15, -0.1) is 0 Å². The van der Waals surface area contributed by atoms with Gasteiger partial charge in [-0.1, -0.05) is 97.7 Å². The number of nitrogens with zero attached hydrogens (tertiary/aromatic N) is 2. The van der Waals surface area contributed by atoms with Crippen LogP contribution in [0.25, 0.3) is 16.8 Å². The highest BCUT2D eigenvalue weighted by molar-refractivity contribution is 5.78. The van der Waals surface area contributed by atoms with Gasteiger partial charge in [0.25, 0.3) is 0 Å². The molecule has 3 aliphatic rings. The normalized spacial score (nSPS) is 33.7. The summed E-state index contributed by atoms with van der Waals surface area (Å²) in [7, 11) is 0. The first-order valence-corrected chi connectivity index (χ1v) is 15.8. The summed E-state index contributed by atoms with van der Waals surface area (Å²) in [4.78, 5) is 4.94. The number of rotatable bonds is 3. The largest absolute Gasteiger partial charge is 0.243 e. The predicted molar refractivity (Wildman–Crippen MR) is 169 cm³/mol. The van der Waals surface area contributed by atoms with Gasteiger partial charge < -0.3 is 0 Å². The zero-order chi connectivity index (χ0) is 29.1. The third-order valence-corrected chi connectivity index (χ3v) is 10.7. The lowest BCUT2D eigenvalue weighted by Gasteiger charge is -2.35. The molecule has 3 aliphatic carbocycles. The molecule has 2 aromatic rings. The Labute approximate surface area is 241 Å². The van der Waals surface area contributed by atoms with E-state index in [1.54, 1.807) is 0 Å². The fourth-order valence-corrected chi connectivity index (χ4v) is 6.69. The van der Waals surface area contributed by atoms with Gasteiger partial charge in [-0.3, -0.25) is 0 Å². The molecular weight excluding hydrogens is 472 g/mol. The number of hydrogen-bond acceptors (Lipinski definition) is 1. The second kappa shape index (κ2) is 13.0. The topological polar surface area (TPSA) is 16.8 Å². The Balaban J connectivity index is 0.000000294. The number of aromatic nitrogens is 2. The van der Waals surface area contributed by atoms with E-state index >= 15 is 0 Å². The summed E-state index contributed by atoms with van der Waals surface area (Å²) in [6.07, 6.45) is 10.7. The van der Waals surface area contributed by atoms with Gasteiger partial charge in [-0.05, 0) is 74.0 Å². The Bertz CT molecular complexity index is 1130. The summed E-state index contributed by atoms with van der Waals surface area (Å²) >= 11 is 0. The second-order valence-electron chi connectivity index (χ2n) is 13.2. The molecule has 39 heavy (non-hydrogen) atoms. The van der Waals surface area contributed by atoms with Crippen molar-refractivity contribution in [2.75, 3.05) is 0 Å². The molecule has 0 amide bonds. The number of benzene rings is 1. The maximum Gasteiger partial charge on any atom is 0.239 e. The molecule has 8 unspecified atom stereocenters. The number of allylic oxidation sites excluding steroid dienone is 4. The van der Waals surface area contributed by atoms with E-state index in [4.69, 9.17) is 4.98 Å². The molecular formula is C37H57N2+. The Morgan fingerprint density at radius 1 is 0.795 bits per heavy atom. The molecule has 0 saturated heterocycles. The summed E-state index contributed by atoms with van der Waals surface area (Å²) in [5.74, 6) is 5.41. The molecule has 1 heterocycles. The lowest BCUT2D eigenvalue weighted by atomic mass is 9.71. The van der Waals surface area contributed by atoms with Crippen molar-refractivity contribution >= 4 is 5.57 Å². The first-order chi connectivity index (χ1) is 18.5. The summed E-state index contributed by atoms with van der Waals surface area (Å²) in [5, 5.41) is 0. The van der Waals surface area contributed by atoms with Crippen molar-refractivity contribution in [2.45, 2.75) is 108 Å². The van der Waals surface area contributed by atoms with E-state index in [1.165, 1.54) is 47.2 Å². The molecule has 0 aliphatic heterocycles. The molecule has 2 fully saturated rings. The predicted octanol–water partition coefficient (Wildman–Crippen LogP) is 10.1. The highest BCUT2D eigenvalue weighted by Gasteiger charge is 2.57. The van der Waals surface area contributed by atoms with Gasteiger partial charge in [0.15, 0.2) is 11.7 Å². The first-order valence-electron chi connectivity index (χ1n) is 15.8. The van der Waals surface area contributed by atoms with Crippen LogP contribution in [0.4, 0.5) is 0 Å². The molecule has 2 saturated carbocycles. The van der Waals surface area contributed by atoms with Gasteiger partial charge >= 0.3 is 0 Å². The van der Waals surface area contributed by atoms with Crippen LogP contribution in [0.5, 0.6) is 0 Å². The average Bonchev–Trinajstić information content (AvgIpc) is 3.56. The van der Waals surface area contributed by atoms with Crippen LogP contribution in [0.15, 0.2) is 59.9 Å². The maximum absolute atomic E-state index is 4.94. The lowest BCUT2D eigenvalue weighted by Crippen LogP contribution is -2.48. The Hall–Kier alpha value is -2.22. The zero-order valence-corrected chi connectivity index (χ0v) is 27.2. The van der Waals surface area contributed by atoms with Crippen molar-refractivity contribution in [1.29, 1.82) is 0 Å². The Morgan fingerprint density at radius 2 is 1.31 bits per heavy atom. The first kappa shape index (κ1) is 31.3. The SMILES string of the molecule is CC.CC1=C(C)C(C)C(c2ncc[n+](C3(C)CC3C)c2-c2ccccc2)=CC1C.CC1CC(C)C(C)CC1C. The molecule has 0 bridgehead atoms. The van der Waals surface area contributed by atoms with Crippen molar-refractivity contribution in [3.05, 3.63) is 65.6 Å². The van der Waals surface area contributed by atoms with Gasteiger partial charge in [-0.25, -0.2) is 4.98 Å². The van der Waals surface area contributed by atoms with E-state index in [9.17, 15) is 0 Å². The van der Waals surface area contributed by atoms with Crippen molar-refractivity contribution in [1.82, 2.24) is 4.98 Å². The smallest absolute Gasteiger partial charge is 0.239 e. The molecule has 0 radical (unpaired) electrons. The summed E-state index contributed by atoms with van der Waals surface area (Å²) in [6.45, 7) is 27.5. The summed E-state index contributed by atoms with van der Waals surface area (Å²) in [5.41, 5.74) is 8.22. The van der Waals surface area contributed by atoms with Gasteiger partial charge in [0.1, 0.15) is 5.69 Å². The van der Waals surface area contributed by atoms with Crippen LogP contribution in [0.3, 0.4) is 0 Å². The van der Waals surface area contributed by atoms with Crippen molar-refractivity contribution < 1.29 is 4.57 Å². The highest BCUT2D eigenvalue weighted by atomic mass is 15.1. The second-order valence-corrected chi connectivity index (χ2v) is 13.2. The minimum absolute atomic E-state index is 0.188. The molecule has 214 valence electrons. The minimum atomic E-state index is 0.188. The van der Waals surface area contributed by atoms with Crippen molar-refractivity contribution in [3.63, 3.8) is 0 Å². The molecule has 5 rings (SSSR count). The average molecular weight is 530 g/mol. The van der Waals surface area contributed by atoms with E-state index in [0.29, 0.717) is 17.8 Å². The summed E-state index contributed by atoms with van der Waals surface area (Å²) < 4.78 is 2.49. The van der Waals surface area contributed by atoms with Gasteiger partial charge in [-0.2, -0.15) is 4.57 Å². The standard InChI is InChI=1S/C25H31N2.C10H20.C2H6/c1-16-14-22(20(5)19(4)18(16)3)23-24(21-10-8-7-9-11-21)27(13-12-26-23)25(6)15-17(25)2;1-7-5-9(3)10(4)6-8(7)2;1-2/h7-14,16-17,20H,15H2,1-6H3;7-10H,5-6H2,1-4H3;1-2H3/q+1;;. The molecule has 0 N–H and O–H groups in total. The van der Waals surface area contributed by atoms with E-state index in [1.807, 2.05) is 20.0 Å². The fourth-order valence-electron chi connectivity index (χ4n) is 6.69. The monoisotopic (exact) mass is 529 g/mol. The van der Waals surface area contributed by atoms with Crippen molar-refractivity contribution in [2.24, 2.45) is 41.4 Å². The van der Waals surface area contributed by atoms with Crippen LogP contribution in [0.1, 0.15) is 108 Å². The Kier molecular flexibility index (Phi) is 10.4.